The summed E-state index contributed by atoms with van der Waals surface area (Å²) in [7, 11) is 1.85. The fourth-order valence-corrected chi connectivity index (χ4v) is 3.71. The summed E-state index contributed by atoms with van der Waals surface area (Å²) in [6.07, 6.45) is 3.94. The molecule has 0 saturated heterocycles. The third-order valence-corrected chi connectivity index (χ3v) is 5.20. The van der Waals surface area contributed by atoms with E-state index in [9.17, 15) is 5.11 Å². The lowest BCUT2D eigenvalue weighted by atomic mass is 9.86. The van der Waals surface area contributed by atoms with Crippen LogP contribution < -0.4 is 10.6 Å². The lowest BCUT2D eigenvalue weighted by Gasteiger charge is -2.22. The monoisotopic (exact) mass is 408 g/mol. The van der Waals surface area contributed by atoms with Gasteiger partial charge in [0, 0.05) is 36.5 Å². The van der Waals surface area contributed by atoms with Crippen molar-refractivity contribution >= 4 is 29.1 Å². The van der Waals surface area contributed by atoms with Crippen LogP contribution in [-0.2, 0) is 12.5 Å². The van der Waals surface area contributed by atoms with Crippen molar-refractivity contribution in [3.63, 3.8) is 0 Å². The first-order valence-electron chi connectivity index (χ1n) is 9.12. The molecule has 1 aliphatic rings. The first kappa shape index (κ1) is 19.2. The van der Waals surface area contributed by atoms with Gasteiger partial charge in [-0.2, -0.15) is 4.98 Å². The van der Waals surface area contributed by atoms with Gasteiger partial charge in [0.2, 0.25) is 5.95 Å². The van der Waals surface area contributed by atoms with Gasteiger partial charge in [-0.1, -0.05) is 43.4 Å². The van der Waals surface area contributed by atoms with Crippen molar-refractivity contribution < 1.29 is 5.11 Å². The number of aromatic nitrogens is 4. The zero-order valence-corrected chi connectivity index (χ0v) is 17.1. The number of nitrogens with zero attached hydrogens (tertiary/aromatic N) is 5. The standard InChI is InChI=1S/C21H21ClN6O/c1-21(2)11-28(19-15(22)9-24-20(23)26-19)17-8-13(4-6-14(17)21)5-7-18(29)16-10-27(3)12-25-16/h4,6,8-10,12,18,29H,11H2,1-3H3,(H2,23,24,26)/t18-/m1/s1. The number of fused-ring (bicyclic) bond motifs is 1. The molecule has 0 fully saturated rings. The molecule has 0 radical (unpaired) electrons. The Kier molecular flexibility index (Phi) is 4.69. The fraction of sp³-hybridized carbons (Fsp3) is 0.286. The van der Waals surface area contributed by atoms with Crippen LogP contribution in [0.3, 0.4) is 0 Å². The Morgan fingerprint density at radius 2 is 2.10 bits per heavy atom. The van der Waals surface area contributed by atoms with Crippen molar-refractivity contribution in [2.45, 2.75) is 25.4 Å². The van der Waals surface area contributed by atoms with Crippen LogP contribution in [0, 0.1) is 11.8 Å². The topological polar surface area (TPSA) is 93.1 Å². The zero-order chi connectivity index (χ0) is 20.8. The second kappa shape index (κ2) is 7.07. The zero-order valence-electron chi connectivity index (χ0n) is 16.4. The van der Waals surface area contributed by atoms with E-state index in [-0.39, 0.29) is 11.4 Å². The van der Waals surface area contributed by atoms with E-state index in [2.05, 4.69) is 46.7 Å². The lowest BCUT2D eigenvalue weighted by molar-refractivity contribution is 0.234. The minimum absolute atomic E-state index is 0.0994. The third-order valence-electron chi connectivity index (χ3n) is 4.93. The average molecular weight is 409 g/mol. The van der Waals surface area contributed by atoms with Gasteiger partial charge in [0.15, 0.2) is 11.9 Å². The van der Waals surface area contributed by atoms with Crippen LogP contribution in [0.1, 0.15) is 36.8 Å². The van der Waals surface area contributed by atoms with E-state index in [1.807, 2.05) is 24.1 Å². The van der Waals surface area contributed by atoms with Gasteiger partial charge in [0.05, 0.1) is 18.2 Å². The number of benzene rings is 1. The molecule has 0 unspecified atom stereocenters. The van der Waals surface area contributed by atoms with Gasteiger partial charge in [-0.25, -0.2) is 9.97 Å². The SMILES string of the molecule is Cn1cnc([C@H](O)C#Cc2ccc3c(c2)N(c2nc(N)ncc2Cl)CC3(C)C)c1. The summed E-state index contributed by atoms with van der Waals surface area (Å²) in [5.74, 6) is 6.64. The maximum absolute atomic E-state index is 10.3. The highest BCUT2D eigenvalue weighted by atomic mass is 35.5. The van der Waals surface area contributed by atoms with Crippen LogP contribution in [0.15, 0.2) is 36.9 Å². The Bertz CT molecular complexity index is 1140. The van der Waals surface area contributed by atoms with Crippen molar-refractivity contribution in [2.24, 2.45) is 7.05 Å². The summed E-state index contributed by atoms with van der Waals surface area (Å²) in [6.45, 7) is 5.03. The molecule has 2 aromatic heterocycles. The smallest absolute Gasteiger partial charge is 0.222 e. The molecule has 1 aliphatic heterocycles. The molecule has 0 aliphatic carbocycles. The molecular weight excluding hydrogens is 388 g/mol. The lowest BCUT2D eigenvalue weighted by Crippen LogP contribution is -2.26. The van der Waals surface area contributed by atoms with E-state index in [0.29, 0.717) is 23.1 Å². The van der Waals surface area contributed by atoms with E-state index in [0.717, 1.165) is 11.3 Å². The molecule has 0 saturated carbocycles. The summed E-state index contributed by atoms with van der Waals surface area (Å²) in [5.41, 5.74) is 9.12. The Labute approximate surface area is 174 Å². The highest BCUT2D eigenvalue weighted by Gasteiger charge is 2.37. The van der Waals surface area contributed by atoms with Gasteiger partial charge in [-0.15, -0.1) is 0 Å². The van der Waals surface area contributed by atoms with Crippen molar-refractivity contribution in [3.05, 3.63) is 58.8 Å². The number of aryl methyl sites for hydroxylation is 1. The highest BCUT2D eigenvalue weighted by molar-refractivity contribution is 6.33. The van der Waals surface area contributed by atoms with Gasteiger partial charge in [0.25, 0.3) is 0 Å². The van der Waals surface area contributed by atoms with Crippen LogP contribution in [0.5, 0.6) is 0 Å². The molecule has 148 valence electrons. The van der Waals surface area contributed by atoms with Crippen molar-refractivity contribution in [1.82, 2.24) is 19.5 Å². The molecule has 8 heteroatoms. The predicted octanol–water partition coefficient (Wildman–Crippen LogP) is 2.96. The molecule has 0 amide bonds. The molecule has 1 aromatic carbocycles. The molecule has 3 heterocycles. The van der Waals surface area contributed by atoms with Crippen LogP contribution in [0.2, 0.25) is 5.02 Å². The van der Waals surface area contributed by atoms with Gasteiger partial charge in [-0.3, -0.25) is 0 Å². The second-order valence-electron chi connectivity index (χ2n) is 7.74. The summed E-state index contributed by atoms with van der Waals surface area (Å²) in [4.78, 5) is 14.5. The molecule has 7 nitrogen and oxygen atoms in total. The number of halogens is 1. The molecular formula is C21H21ClN6O. The Morgan fingerprint density at radius 3 is 2.83 bits per heavy atom. The molecule has 0 spiro atoms. The van der Waals surface area contributed by atoms with Gasteiger partial charge >= 0.3 is 0 Å². The fourth-order valence-electron chi connectivity index (χ4n) is 3.52. The van der Waals surface area contributed by atoms with Crippen LogP contribution in [-0.4, -0.2) is 31.2 Å². The Morgan fingerprint density at radius 1 is 1.31 bits per heavy atom. The maximum atomic E-state index is 10.3. The molecule has 4 rings (SSSR count). The molecule has 29 heavy (non-hydrogen) atoms. The molecule has 1 atom stereocenters. The number of anilines is 3. The van der Waals surface area contributed by atoms with E-state index in [1.54, 1.807) is 17.1 Å². The second-order valence-corrected chi connectivity index (χ2v) is 8.14. The number of hydrogen-bond acceptors (Lipinski definition) is 6. The first-order chi connectivity index (χ1) is 13.7. The van der Waals surface area contributed by atoms with Crippen LogP contribution in [0.25, 0.3) is 0 Å². The number of rotatable bonds is 2. The van der Waals surface area contributed by atoms with Gasteiger partial charge < -0.3 is 20.3 Å². The largest absolute Gasteiger partial charge is 0.374 e. The number of hydrogen-bond donors (Lipinski definition) is 2. The number of imidazole rings is 1. The minimum atomic E-state index is -0.951. The number of nitrogen functional groups attached to an aromatic ring is 1. The highest BCUT2D eigenvalue weighted by Crippen LogP contribution is 2.45. The summed E-state index contributed by atoms with van der Waals surface area (Å²) >= 11 is 6.36. The Hall–Kier alpha value is -3.08. The predicted molar refractivity (Wildman–Crippen MR) is 113 cm³/mol. The van der Waals surface area contributed by atoms with E-state index < -0.39 is 6.10 Å². The van der Waals surface area contributed by atoms with E-state index in [1.165, 1.54) is 11.8 Å². The molecule has 3 aromatic rings. The number of aliphatic hydroxyl groups excluding tert-OH is 1. The summed E-state index contributed by atoms with van der Waals surface area (Å²) < 4.78 is 1.77. The quantitative estimate of drug-likeness (QED) is 0.633. The van der Waals surface area contributed by atoms with Crippen molar-refractivity contribution in [3.8, 4) is 11.8 Å². The van der Waals surface area contributed by atoms with Crippen LogP contribution in [0.4, 0.5) is 17.5 Å². The van der Waals surface area contributed by atoms with Gasteiger partial charge in [-0.05, 0) is 17.7 Å². The average Bonchev–Trinajstić information content (AvgIpc) is 3.23. The van der Waals surface area contributed by atoms with Crippen molar-refractivity contribution in [2.75, 3.05) is 17.2 Å². The van der Waals surface area contributed by atoms with Gasteiger partial charge in [0.1, 0.15) is 5.02 Å². The van der Waals surface area contributed by atoms with E-state index >= 15 is 0 Å². The summed E-state index contributed by atoms with van der Waals surface area (Å²) in [5, 5.41) is 10.7. The summed E-state index contributed by atoms with van der Waals surface area (Å²) in [6, 6.07) is 6.00. The first-order valence-corrected chi connectivity index (χ1v) is 9.50. The normalized spacial score (nSPS) is 15.6. The molecule has 0 bridgehead atoms. The number of nitrogens with two attached hydrogens (primary N) is 1. The Balaban J connectivity index is 1.72. The maximum Gasteiger partial charge on any atom is 0.222 e. The number of aliphatic hydroxyl groups is 1. The third kappa shape index (κ3) is 3.65. The van der Waals surface area contributed by atoms with E-state index in [4.69, 9.17) is 17.3 Å². The molecule has 3 N–H and O–H groups in total. The minimum Gasteiger partial charge on any atom is -0.374 e. The van der Waals surface area contributed by atoms with Crippen LogP contribution >= 0.6 is 11.6 Å². The van der Waals surface area contributed by atoms with Crippen molar-refractivity contribution in [1.29, 1.82) is 0 Å².